The zero-order chi connectivity index (χ0) is 15.7. The maximum atomic E-state index is 4.49. The van der Waals surface area contributed by atoms with Gasteiger partial charge in [0.15, 0.2) is 5.82 Å². The second kappa shape index (κ2) is 7.90. The summed E-state index contributed by atoms with van der Waals surface area (Å²) in [5.41, 5.74) is 2.52. The molecule has 0 bridgehead atoms. The SMILES string of the molecule is C(=N\c1ccccn1)/N(Cc1ccccc1)Cc1ccccc1. The molecule has 0 spiro atoms. The molecule has 1 heterocycles. The second-order valence-corrected chi connectivity index (χ2v) is 5.31. The molecule has 0 N–H and O–H groups in total. The zero-order valence-corrected chi connectivity index (χ0v) is 12.9. The molecular formula is C20H19N3. The molecule has 1 aromatic heterocycles. The summed E-state index contributed by atoms with van der Waals surface area (Å²) in [6, 6.07) is 26.6. The van der Waals surface area contributed by atoms with Gasteiger partial charge >= 0.3 is 0 Å². The number of rotatable bonds is 6. The Labute approximate surface area is 137 Å². The maximum absolute atomic E-state index is 4.49. The minimum Gasteiger partial charge on any atom is -0.354 e. The average Bonchev–Trinajstić information content (AvgIpc) is 2.62. The lowest BCUT2D eigenvalue weighted by atomic mass is 10.2. The normalized spacial score (nSPS) is 10.8. The molecule has 23 heavy (non-hydrogen) atoms. The first-order chi connectivity index (χ1) is 11.4. The summed E-state index contributed by atoms with van der Waals surface area (Å²) in [5, 5.41) is 0. The molecule has 3 rings (SSSR count). The van der Waals surface area contributed by atoms with E-state index in [2.05, 4.69) is 63.4 Å². The minimum absolute atomic E-state index is 0.721. The number of aliphatic imine (C=N–C) groups is 1. The van der Waals surface area contributed by atoms with Gasteiger partial charge in [-0.15, -0.1) is 0 Å². The standard InChI is InChI=1S/C20H19N3/c1-3-9-18(10-4-1)15-23(16-19-11-5-2-6-12-19)17-22-20-13-7-8-14-21-20/h1-14,17H,15-16H2/b22-17+. The number of hydrogen-bond donors (Lipinski definition) is 0. The number of aromatic nitrogens is 1. The molecule has 0 aliphatic heterocycles. The largest absolute Gasteiger partial charge is 0.354 e. The first-order valence-corrected chi connectivity index (χ1v) is 7.67. The highest BCUT2D eigenvalue weighted by atomic mass is 15.2. The summed E-state index contributed by atoms with van der Waals surface area (Å²) in [5.74, 6) is 0.721. The Morgan fingerprint density at radius 2 is 1.30 bits per heavy atom. The summed E-state index contributed by atoms with van der Waals surface area (Å²) in [6.45, 7) is 1.62. The van der Waals surface area contributed by atoms with Crippen LogP contribution in [0.1, 0.15) is 11.1 Å². The van der Waals surface area contributed by atoms with Gasteiger partial charge in [-0.2, -0.15) is 0 Å². The highest BCUT2D eigenvalue weighted by molar-refractivity contribution is 5.59. The van der Waals surface area contributed by atoms with Crippen LogP contribution in [-0.2, 0) is 13.1 Å². The fourth-order valence-electron chi connectivity index (χ4n) is 2.34. The molecule has 0 saturated carbocycles. The third-order valence-electron chi connectivity index (χ3n) is 3.46. The van der Waals surface area contributed by atoms with Crippen molar-refractivity contribution in [3.63, 3.8) is 0 Å². The quantitative estimate of drug-likeness (QED) is 0.497. The number of hydrogen-bond acceptors (Lipinski definition) is 2. The lowest BCUT2D eigenvalue weighted by Gasteiger charge is -2.19. The van der Waals surface area contributed by atoms with E-state index in [1.165, 1.54) is 11.1 Å². The van der Waals surface area contributed by atoms with E-state index in [4.69, 9.17) is 0 Å². The predicted molar refractivity (Wildman–Crippen MR) is 94.5 cm³/mol. The first kappa shape index (κ1) is 15.0. The van der Waals surface area contributed by atoms with Crippen molar-refractivity contribution < 1.29 is 0 Å². The topological polar surface area (TPSA) is 28.5 Å². The zero-order valence-electron chi connectivity index (χ0n) is 12.9. The van der Waals surface area contributed by atoms with E-state index in [0.29, 0.717) is 0 Å². The Hall–Kier alpha value is -2.94. The second-order valence-electron chi connectivity index (χ2n) is 5.31. The Morgan fingerprint density at radius 3 is 1.83 bits per heavy atom. The lowest BCUT2D eigenvalue weighted by Crippen LogP contribution is -2.20. The third-order valence-corrected chi connectivity index (χ3v) is 3.46. The van der Waals surface area contributed by atoms with Gasteiger partial charge < -0.3 is 4.90 Å². The van der Waals surface area contributed by atoms with Gasteiger partial charge in [-0.1, -0.05) is 66.7 Å². The highest BCUT2D eigenvalue weighted by Gasteiger charge is 2.03. The van der Waals surface area contributed by atoms with Crippen molar-refractivity contribution in [1.82, 2.24) is 9.88 Å². The molecule has 3 aromatic rings. The molecule has 0 aliphatic carbocycles. The van der Waals surface area contributed by atoms with E-state index in [-0.39, 0.29) is 0 Å². The van der Waals surface area contributed by atoms with Gasteiger partial charge in [-0.25, -0.2) is 9.98 Å². The van der Waals surface area contributed by atoms with Crippen LogP contribution in [0.3, 0.4) is 0 Å². The van der Waals surface area contributed by atoms with E-state index in [9.17, 15) is 0 Å². The molecule has 3 nitrogen and oxygen atoms in total. The Balaban J connectivity index is 1.76. The highest BCUT2D eigenvalue weighted by Crippen LogP contribution is 2.10. The summed E-state index contributed by atoms with van der Waals surface area (Å²) in [6.07, 6.45) is 3.63. The van der Waals surface area contributed by atoms with Crippen molar-refractivity contribution in [3.05, 3.63) is 96.2 Å². The number of pyridine rings is 1. The Kier molecular flexibility index (Phi) is 5.14. The van der Waals surface area contributed by atoms with Gasteiger partial charge in [0, 0.05) is 19.3 Å². The fourth-order valence-corrected chi connectivity index (χ4v) is 2.34. The summed E-state index contributed by atoms with van der Waals surface area (Å²) < 4.78 is 0. The monoisotopic (exact) mass is 301 g/mol. The van der Waals surface area contributed by atoms with Crippen LogP contribution < -0.4 is 0 Å². The molecular weight excluding hydrogens is 282 g/mol. The fraction of sp³-hybridized carbons (Fsp3) is 0.100. The molecule has 0 unspecified atom stereocenters. The minimum atomic E-state index is 0.721. The molecule has 0 radical (unpaired) electrons. The van der Waals surface area contributed by atoms with Crippen LogP contribution in [0.5, 0.6) is 0 Å². The smallest absolute Gasteiger partial charge is 0.153 e. The van der Waals surface area contributed by atoms with Crippen molar-refractivity contribution in [3.8, 4) is 0 Å². The van der Waals surface area contributed by atoms with Gasteiger partial charge in [0.25, 0.3) is 0 Å². The molecule has 0 atom stereocenters. The van der Waals surface area contributed by atoms with Crippen molar-refractivity contribution >= 4 is 12.2 Å². The van der Waals surface area contributed by atoms with Crippen LogP contribution in [0.2, 0.25) is 0 Å². The van der Waals surface area contributed by atoms with Crippen molar-refractivity contribution in [2.75, 3.05) is 0 Å². The van der Waals surface area contributed by atoms with Gasteiger partial charge in [0.1, 0.15) is 0 Å². The summed E-state index contributed by atoms with van der Waals surface area (Å²) >= 11 is 0. The predicted octanol–water partition coefficient (Wildman–Crippen LogP) is 4.44. The molecule has 0 aliphatic rings. The van der Waals surface area contributed by atoms with Gasteiger partial charge in [0.05, 0.1) is 6.34 Å². The molecule has 0 saturated heterocycles. The van der Waals surface area contributed by atoms with Crippen LogP contribution in [0.15, 0.2) is 90.1 Å². The van der Waals surface area contributed by atoms with E-state index < -0.39 is 0 Å². The molecule has 0 fully saturated rings. The third kappa shape index (κ3) is 4.78. The Morgan fingerprint density at radius 1 is 0.739 bits per heavy atom. The van der Waals surface area contributed by atoms with Gasteiger partial charge in [-0.3, -0.25) is 0 Å². The van der Waals surface area contributed by atoms with Crippen molar-refractivity contribution in [2.24, 2.45) is 4.99 Å². The van der Waals surface area contributed by atoms with Crippen LogP contribution in [0.25, 0.3) is 0 Å². The van der Waals surface area contributed by atoms with Crippen molar-refractivity contribution in [1.29, 1.82) is 0 Å². The van der Waals surface area contributed by atoms with Crippen LogP contribution in [-0.4, -0.2) is 16.2 Å². The summed E-state index contributed by atoms with van der Waals surface area (Å²) in [7, 11) is 0. The maximum Gasteiger partial charge on any atom is 0.153 e. The average molecular weight is 301 g/mol. The molecule has 114 valence electrons. The van der Waals surface area contributed by atoms with Crippen LogP contribution in [0, 0.1) is 0 Å². The van der Waals surface area contributed by atoms with E-state index in [0.717, 1.165) is 18.9 Å². The van der Waals surface area contributed by atoms with Crippen LogP contribution in [0.4, 0.5) is 5.82 Å². The van der Waals surface area contributed by atoms with Gasteiger partial charge in [0.2, 0.25) is 0 Å². The van der Waals surface area contributed by atoms with E-state index >= 15 is 0 Å². The van der Waals surface area contributed by atoms with Gasteiger partial charge in [-0.05, 0) is 23.3 Å². The van der Waals surface area contributed by atoms with E-state index in [1.807, 2.05) is 36.7 Å². The number of nitrogens with zero attached hydrogens (tertiary/aromatic N) is 3. The summed E-state index contributed by atoms with van der Waals surface area (Å²) in [4.78, 5) is 10.9. The molecule has 0 amide bonds. The lowest BCUT2D eigenvalue weighted by molar-refractivity contribution is 0.419. The van der Waals surface area contributed by atoms with E-state index in [1.54, 1.807) is 6.20 Å². The van der Waals surface area contributed by atoms with Crippen molar-refractivity contribution in [2.45, 2.75) is 13.1 Å². The molecule has 3 heteroatoms. The molecule has 2 aromatic carbocycles. The number of benzene rings is 2. The van der Waals surface area contributed by atoms with Crippen LogP contribution >= 0.6 is 0 Å². The first-order valence-electron chi connectivity index (χ1n) is 7.67. The Bertz CT molecular complexity index is 683.